The number of imidazole rings is 1. The molecule has 2 N–H and O–H groups in total. The number of nitrogens with one attached hydrogen (secondary N) is 1. The van der Waals surface area contributed by atoms with Gasteiger partial charge in [0.1, 0.15) is 0 Å². The number of rotatable bonds is 2. The van der Waals surface area contributed by atoms with Crippen molar-refractivity contribution in [1.82, 2.24) is 14.7 Å². The molecule has 1 aliphatic heterocycles. The van der Waals surface area contributed by atoms with E-state index in [0.29, 0.717) is 4.96 Å². The summed E-state index contributed by atoms with van der Waals surface area (Å²) in [6.45, 7) is -0.173. The average Bonchev–Trinajstić information content (AvgIpc) is 2.85. The number of piperazine rings is 1. The molecule has 0 saturated carbocycles. The maximum Gasteiger partial charge on any atom is 0.356 e. The van der Waals surface area contributed by atoms with Gasteiger partial charge in [0.2, 0.25) is 11.8 Å². The van der Waals surface area contributed by atoms with Crippen molar-refractivity contribution in [3.8, 4) is 0 Å². The lowest BCUT2D eigenvalue weighted by molar-refractivity contribution is -0.130. The normalized spacial score (nSPS) is 15.9. The second-order valence-electron chi connectivity index (χ2n) is 3.97. The first-order valence-electron chi connectivity index (χ1n) is 5.32. The molecule has 19 heavy (non-hydrogen) atoms. The maximum atomic E-state index is 11.3. The highest BCUT2D eigenvalue weighted by Crippen LogP contribution is 2.25. The van der Waals surface area contributed by atoms with E-state index in [4.69, 9.17) is 0 Å². The minimum Gasteiger partial charge on any atom is -0.476 e. The fourth-order valence-corrected chi connectivity index (χ4v) is 2.69. The highest BCUT2D eigenvalue weighted by Gasteiger charge is 2.29. The number of carbonyl (C=O) groups excluding carboxylic acids is 2. The lowest BCUT2D eigenvalue weighted by Gasteiger charge is -2.25. The van der Waals surface area contributed by atoms with Crippen molar-refractivity contribution in [1.29, 1.82) is 0 Å². The van der Waals surface area contributed by atoms with Crippen molar-refractivity contribution in [2.45, 2.75) is 0 Å². The van der Waals surface area contributed by atoms with Crippen LogP contribution in [-0.4, -0.2) is 45.4 Å². The van der Waals surface area contributed by atoms with E-state index < -0.39 is 17.8 Å². The SMILES string of the molecule is O=C1CN(c2nc3sccn3c2C(=O)O)CC(=O)N1. The van der Waals surface area contributed by atoms with Crippen LogP contribution in [0, 0.1) is 0 Å². The van der Waals surface area contributed by atoms with Gasteiger partial charge in [-0.1, -0.05) is 0 Å². The Balaban J connectivity index is 2.11. The van der Waals surface area contributed by atoms with Crippen molar-refractivity contribution < 1.29 is 19.5 Å². The molecule has 0 radical (unpaired) electrons. The zero-order chi connectivity index (χ0) is 13.6. The molecule has 3 heterocycles. The molecule has 0 aliphatic carbocycles. The molecular formula is C10H8N4O4S. The summed E-state index contributed by atoms with van der Waals surface area (Å²) >= 11 is 1.28. The molecule has 2 amide bonds. The van der Waals surface area contributed by atoms with Crippen molar-refractivity contribution in [3.63, 3.8) is 0 Å². The van der Waals surface area contributed by atoms with Crippen LogP contribution in [0.15, 0.2) is 11.6 Å². The van der Waals surface area contributed by atoms with Crippen LogP contribution in [0.1, 0.15) is 10.5 Å². The third kappa shape index (κ3) is 1.83. The summed E-state index contributed by atoms with van der Waals surface area (Å²) in [5, 5.41) is 13.1. The van der Waals surface area contributed by atoms with Gasteiger partial charge in [-0.15, -0.1) is 11.3 Å². The first kappa shape index (κ1) is 11.7. The fraction of sp³-hybridized carbons (Fsp3) is 0.200. The third-order valence-electron chi connectivity index (χ3n) is 2.69. The summed E-state index contributed by atoms with van der Waals surface area (Å²) < 4.78 is 1.43. The molecule has 1 aliphatic rings. The fourth-order valence-electron chi connectivity index (χ4n) is 1.98. The Kier molecular flexibility index (Phi) is 2.49. The molecule has 1 saturated heterocycles. The number of carboxylic acid groups (broad SMARTS) is 1. The summed E-state index contributed by atoms with van der Waals surface area (Å²) in [6.07, 6.45) is 1.59. The van der Waals surface area contributed by atoms with Gasteiger partial charge >= 0.3 is 5.97 Å². The average molecular weight is 280 g/mol. The highest BCUT2D eigenvalue weighted by atomic mass is 32.1. The molecule has 2 aromatic rings. The molecule has 0 unspecified atom stereocenters. The number of aromatic nitrogens is 2. The summed E-state index contributed by atoms with van der Waals surface area (Å²) in [7, 11) is 0. The number of imide groups is 1. The van der Waals surface area contributed by atoms with E-state index >= 15 is 0 Å². The first-order valence-corrected chi connectivity index (χ1v) is 6.20. The largest absolute Gasteiger partial charge is 0.476 e. The van der Waals surface area contributed by atoms with Crippen LogP contribution in [0.25, 0.3) is 4.96 Å². The lowest BCUT2D eigenvalue weighted by Crippen LogP contribution is -2.52. The van der Waals surface area contributed by atoms with E-state index in [2.05, 4.69) is 10.3 Å². The highest BCUT2D eigenvalue weighted by molar-refractivity contribution is 7.15. The van der Waals surface area contributed by atoms with Gasteiger partial charge < -0.3 is 10.0 Å². The van der Waals surface area contributed by atoms with E-state index in [0.717, 1.165) is 0 Å². The molecular weight excluding hydrogens is 272 g/mol. The van der Waals surface area contributed by atoms with Crippen LogP contribution < -0.4 is 10.2 Å². The van der Waals surface area contributed by atoms with Crippen LogP contribution in [0.5, 0.6) is 0 Å². The van der Waals surface area contributed by atoms with Crippen LogP contribution in [-0.2, 0) is 9.59 Å². The van der Waals surface area contributed by atoms with Gasteiger partial charge in [-0.2, -0.15) is 0 Å². The van der Waals surface area contributed by atoms with E-state index in [1.165, 1.54) is 20.6 Å². The number of hydrogen-bond acceptors (Lipinski definition) is 6. The van der Waals surface area contributed by atoms with Crippen LogP contribution in [0.4, 0.5) is 5.82 Å². The predicted molar refractivity (Wildman–Crippen MR) is 65.4 cm³/mol. The van der Waals surface area contributed by atoms with E-state index in [1.54, 1.807) is 11.6 Å². The van der Waals surface area contributed by atoms with E-state index in [9.17, 15) is 19.5 Å². The quantitative estimate of drug-likeness (QED) is 0.722. The van der Waals surface area contributed by atoms with Gasteiger partial charge in [-0.05, 0) is 0 Å². The summed E-state index contributed by atoms with van der Waals surface area (Å²) in [4.78, 5) is 40.1. The molecule has 0 spiro atoms. The first-order chi connectivity index (χ1) is 9.06. The number of hydrogen-bond donors (Lipinski definition) is 2. The molecule has 0 bridgehead atoms. The number of thiazole rings is 1. The Hall–Kier alpha value is -2.42. The second-order valence-corrected chi connectivity index (χ2v) is 4.85. The smallest absolute Gasteiger partial charge is 0.356 e. The summed E-state index contributed by atoms with van der Waals surface area (Å²) in [5.74, 6) is -1.95. The van der Waals surface area contributed by atoms with Crippen molar-refractivity contribution in [2.75, 3.05) is 18.0 Å². The minimum absolute atomic E-state index is 0.0428. The Bertz CT molecular complexity index is 688. The van der Waals surface area contributed by atoms with Gasteiger partial charge in [0, 0.05) is 11.6 Å². The Morgan fingerprint density at radius 3 is 2.68 bits per heavy atom. The van der Waals surface area contributed by atoms with Crippen LogP contribution in [0.2, 0.25) is 0 Å². The molecule has 0 atom stereocenters. The molecule has 98 valence electrons. The van der Waals surface area contributed by atoms with E-state index in [-0.39, 0.29) is 24.6 Å². The zero-order valence-electron chi connectivity index (χ0n) is 9.49. The number of carboxylic acids is 1. The number of carbonyl (C=O) groups is 3. The predicted octanol–water partition coefficient (Wildman–Crippen LogP) is -0.443. The van der Waals surface area contributed by atoms with Gasteiger partial charge in [0.25, 0.3) is 0 Å². The number of fused-ring (bicyclic) bond motifs is 1. The van der Waals surface area contributed by atoms with E-state index in [1.807, 2.05) is 0 Å². The topological polar surface area (TPSA) is 104 Å². The molecule has 3 rings (SSSR count). The second kappa shape index (κ2) is 4.05. The van der Waals surface area contributed by atoms with Crippen molar-refractivity contribution >= 4 is 39.9 Å². The Morgan fingerprint density at radius 1 is 1.37 bits per heavy atom. The van der Waals surface area contributed by atoms with Gasteiger partial charge in [-0.3, -0.25) is 19.3 Å². The van der Waals surface area contributed by atoms with Gasteiger partial charge in [-0.25, -0.2) is 9.78 Å². The zero-order valence-corrected chi connectivity index (χ0v) is 10.3. The Morgan fingerprint density at radius 2 is 2.05 bits per heavy atom. The van der Waals surface area contributed by atoms with Crippen molar-refractivity contribution in [3.05, 3.63) is 17.3 Å². The molecule has 1 fully saturated rings. The molecule has 2 aromatic heterocycles. The minimum atomic E-state index is -1.15. The number of aromatic carboxylic acids is 1. The monoisotopic (exact) mass is 280 g/mol. The van der Waals surface area contributed by atoms with Crippen molar-refractivity contribution in [2.24, 2.45) is 0 Å². The Labute approximate surface area is 110 Å². The molecule has 9 heteroatoms. The number of nitrogens with zero attached hydrogens (tertiary/aromatic N) is 3. The molecule has 0 aromatic carbocycles. The number of amides is 2. The standard InChI is InChI=1S/C10H8N4O4S/c15-5-3-13(4-6(16)11-5)8-7(9(17)18)14-1-2-19-10(14)12-8/h1-2H,3-4H2,(H,17,18)(H,11,15,16). The third-order valence-corrected chi connectivity index (χ3v) is 3.45. The lowest BCUT2D eigenvalue weighted by atomic mass is 10.3. The van der Waals surface area contributed by atoms with Crippen LogP contribution in [0.3, 0.4) is 0 Å². The van der Waals surface area contributed by atoms with Gasteiger partial charge in [0.05, 0.1) is 13.1 Å². The van der Waals surface area contributed by atoms with Crippen LogP contribution >= 0.6 is 11.3 Å². The summed E-state index contributed by atoms with van der Waals surface area (Å²) in [6, 6.07) is 0. The summed E-state index contributed by atoms with van der Waals surface area (Å²) in [5.41, 5.74) is -0.0428. The van der Waals surface area contributed by atoms with Gasteiger partial charge in [0.15, 0.2) is 16.5 Å². The molecule has 8 nitrogen and oxygen atoms in total. The number of anilines is 1. The maximum absolute atomic E-state index is 11.3.